The van der Waals surface area contributed by atoms with Crippen molar-refractivity contribution in [1.29, 1.82) is 0 Å². The first-order chi connectivity index (χ1) is 8.36. The van der Waals surface area contributed by atoms with E-state index in [4.69, 9.17) is 5.73 Å². The van der Waals surface area contributed by atoms with Crippen molar-refractivity contribution < 1.29 is 17.2 Å². The van der Waals surface area contributed by atoms with Gasteiger partial charge in [0, 0.05) is 19.7 Å². The fourth-order valence-corrected chi connectivity index (χ4v) is 2.17. The Balaban J connectivity index is 2.78. The first kappa shape index (κ1) is 14.8. The molecule has 0 aromatic heterocycles. The monoisotopic (exact) mass is 279 g/mol. The van der Waals surface area contributed by atoms with Crippen LogP contribution in [0.15, 0.2) is 18.2 Å². The summed E-state index contributed by atoms with van der Waals surface area (Å²) in [5.41, 5.74) is 5.24. The Morgan fingerprint density at radius 2 is 2.00 bits per heavy atom. The molecule has 8 heteroatoms. The lowest BCUT2D eigenvalue weighted by molar-refractivity contribution is 0.468. The molecule has 5 nitrogen and oxygen atoms in total. The number of anilines is 1. The van der Waals surface area contributed by atoms with Gasteiger partial charge >= 0.3 is 10.2 Å². The van der Waals surface area contributed by atoms with Gasteiger partial charge in [0.25, 0.3) is 0 Å². The number of benzene rings is 1. The van der Waals surface area contributed by atoms with Crippen LogP contribution in [-0.4, -0.2) is 32.9 Å². The fourth-order valence-electron chi connectivity index (χ4n) is 1.22. The summed E-state index contributed by atoms with van der Waals surface area (Å²) >= 11 is 0. The van der Waals surface area contributed by atoms with Crippen molar-refractivity contribution in [3.63, 3.8) is 0 Å². The van der Waals surface area contributed by atoms with Gasteiger partial charge in [-0.3, -0.25) is 4.72 Å². The van der Waals surface area contributed by atoms with Crippen molar-refractivity contribution >= 4 is 15.9 Å². The highest BCUT2D eigenvalue weighted by molar-refractivity contribution is 7.90. The first-order valence-corrected chi connectivity index (χ1v) is 6.70. The van der Waals surface area contributed by atoms with Crippen LogP contribution in [0.3, 0.4) is 0 Å². The van der Waals surface area contributed by atoms with Gasteiger partial charge < -0.3 is 5.73 Å². The van der Waals surface area contributed by atoms with Crippen LogP contribution >= 0.6 is 0 Å². The standard InChI is InChI=1S/C10H15F2N3O2S/c1-15(6-2-5-13)18(16,17)14-8-3-4-9(11)10(12)7-8/h3-4,7,14H,2,5-6,13H2,1H3. The summed E-state index contributed by atoms with van der Waals surface area (Å²) in [4.78, 5) is 0. The van der Waals surface area contributed by atoms with Crippen LogP contribution in [0.2, 0.25) is 0 Å². The summed E-state index contributed by atoms with van der Waals surface area (Å²) in [6.07, 6.45) is 0.509. The minimum Gasteiger partial charge on any atom is -0.330 e. The van der Waals surface area contributed by atoms with E-state index in [1.807, 2.05) is 0 Å². The minimum atomic E-state index is -3.78. The van der Waals surface area contributed by atoms with Crippen molar-refractivity contribution in [3.8, 4) is 0 Å². The maximum atomic E-state index is 12.9. The molecule has 18 heavy (non-hydrogen) atoms. The van der Waals surface area contributed by atoms with E-state index in [0.29, 0.717) is 13.0 Å². The highest BCUT2D eigenvalue weighted by Gasteiger charge is 2.17. The van der Waals surface area contributed by atoms with Gasteiger partial charge in [0.1, 0.15) is 0 Å². The van der Waals surface area contributed by atoms with E-state index < -0.39 is 21.8 Å². The topological polar surface area (TPSA) is 75.4 Å². The van der Waals surface area contributed by atoms with E-state index in [-0.39, 0.29) is 12.2 Å². The van der Waals surface area contributed by atoms with Gasteiger partial charge in [-0.05, 0) is 25.1 Å². The number of nitrogens with two attached hydrogens (primary N) is 1. The zero-order valence-corrected chi connectivity index (χ0v) is 10.7. The number of nitrogens with zero attached hydrogens (tertiary/aromatic N) is 1. The van der Waals surface area contributed by atoms with Crippen LogP contribution in [0.5, 0.6) is 0 Å². The molecule has 102 valence electrons. The summed E-state index contributed by atoms with van der Waals surface area (Å²) < 4.78 is 52.3. The third kappa shape index (κ3) is 3.90. The normalized spacial score (nSPS) is 11.8. The zero-order valence-electron chi connectivity index (χ0n) is 9.86. The highest BCUT2D eigenvalue weighted by Crippen LogP contribution is 2.15. The van der Waals surface area contributed by atoms with Gasteiger partial charge in [0.2, 0.25) is 0 Å². The van der Waals surface area contributed by atoms with E-state index in [1.165, 1.54) is 7.05 Å². The predicted molar refractivity (Wildman–Crippen MR) is 65.2 cm³/mol. The Labute approximate surface area is 105 Å². The van der Waals surface area contributed by atoms with Crippen LogP contribution in [0.4, 0.5) is 14.5 Å². The SMILES string of the molecule is CN(CCCN)S(=O)(=O)Nc1ccc(F)c(F)c1. The third-order valence-corrected chi connectivity index (χ3v) is 3.75. The van der Waals surface area contributed by atoms with Crippen LogP contribution in [-0.2, 0) is 10.2 Å². The molecule has 0 aliphatic carbocycles. The van der Waals surface area contributed by atoms with Crippen molar-refractivity contribution in [2.24, 2.45) is 5.73 Å². The second-order valence-electron chi connectivity index (χ2n) is 3.70. The van der Waals surface area contributed by atoms with E-state index in [1.54, 1.807) is 0 Å². The van der Waals surface area contributed by atoms with Gasteiger partial charge in [0.15, 0.2) is 11.6 Å². The Kier molecular flexibility index (Phi) is 5.00. The minimum absolute atomic E-state index is 0.0338. The zero-order chi connectivity index (χ0) is 13.8. The molecule has 0 saturated heterocycles. The van der Waals surface area contributed by atoms with E-state index >= 15 is 0 Å². The van der Waals surface area contributed by atoms with Gasteiger partial charge in [0.05, 0.1) is 5.69 Å². The van der Waals surface area contributed by atoms with Crippen molar-refractivity contribution in [2.45, 2.75) is 6.42 Å². The Bertz CT molecular complexity index is 508. The smallest absolute Gasteiger partial charge is 0.301 e. The van der Waals surface area contributed by atoms with Crippen LogP contribution in [0.1, 0.15) is 6.42 Å². The predicted octanol–water partition coefficient (Wildman–Crippen LogP) is 0.902. The molecule has 0 fully saturated rings. The summed E-state index contributed by atoms with van der Waals surface area (Å²) in [5.74, 6) is -2.14. The van der Waals surface area contributed by atoms with Gasteiger partial charge in [-0.1, -0.05) is 0 Å². The Morgan fingerprint density at radius 3 is 2.56 bits per heavy atom. The largest absolute Gasteiger partial charge is 0.330 e. The van der Waals surface area contributed by atoms with E-state index in [0.717, 1.165) is 22.5 Å². The average molecular weight is 279 g/mol. The lowest BCUT2D eigenvalue weighted by atomic mass is 10.3. The van der Waals surface area contributed by atoms with E-state index in [9.17, 15) is 17.2 Å². The molecule has 0 heterocycles. The summed E-state index contributed by atoms with van der Waals surface area (Å²) in [6.45, 7) is 0.612. The molecule has 1 aromatic carbocycles. The molecule has 1 aromatic rings. The molecule has 0 amide bonds. The average Bonchev–Trinajstić information content (AvgIpc) is 2.30. The molecule has 0 saturated carbocycles. The molecular formula is C10H15F2N3O2S. The molecule has 0 radical (unpaired) electrons. The number of hydrogen-bond acceptors (Lipinski definition) is 3. The molecule has 0 spiro atoms. The van der Waals surface area contributed by atoms with Gasteiger partial charge in [-0.2, -0.15) is 12.7 Å². The molecule has 0 aliphatic heterocycles. The van der Waals surface area contributed by atoms with E-state index in [2.05, 4.69) is 4.72 Å². The Morgan fingerprint density at radius 1 is 1.33 bits per heavy atom. The summed E-state index contributed by atoms with van der Waals surface area (Å²) in [6, 6.07) is 2.78. The lowest BCUT2D eigenvalue weighted by Gasteiger charge is -2.17. The number of rotatable bonds is 6. The molecule has 0 bridgehead atoms. The van der Waals surface area contributed by atoms with Crippen molar-refractivity contribution in [2.75, 3.05) is 24.9 Å². The maximum absolute atomic E-state index is 12.9. The fraction of sp³-hybridized carbons (Fsp3) is 0.400. The highest BCUT2D eigenvalue weighted by atomic mass is 32.2. The molecule has 0 unspecified atom stereocenters. The molecule has 0 aliphatic rings. The molecule has 0 atom stereocenters. The summed E-state index contributed by atoms with van der Waals surface area (Å²) in [5, 5.41) is 0. The van der Waals surface area contributed by atoms with Crippen LogP contribution in [0.25, 0.3) is 0 Å². The van der Waals surface area contributed by atoms with Crippen molar-refractivity contribution in [1.82, 2.24) is 4.31 Å². The Hall–Kier alpha value is -1.25. The third-order valence-electron chi connectivity index (χ3n) is 2.25. The maximum Gasteiger partial charge on any atom is 0.301 e. The number of hydrogen-bond donors (Lipinski definition) is 2. The quantitative estimate of drug-likeness (QED) is 0.812. The van der Waals surface area contributed by atoms with Gasteiger partial charge in [-0.15, -0.1) is 0 Å². The molecular weight excluding hydrogens is 264 g/mol. The first-order valence-electron chi connectivity index (χ1n) is 5.26. The second kappa shape index (κ2) is 6.07. The second-order valence-corrected chi connectivity index (χ2v) is 5.48. The summed E-state index contributed by atoms with van der Waals surface area (Å²) in [7, 11) is -2.40. The van der Waals surface area contributed by atoms with Crippen LogP contribution in [0, 0.1) is 11.6 Å². The van der Waals surface area contributed by atoms with Gasteiger partial charge in [-0.25, -0.2) is 8.78 Å². The number of nitrogens with one attached hydrogen (secondary N) is 1. The van der Waals surface area contributed by atoms with Crippen LogP contribution < -0.4 is 10.5 Å². The number of halogens is 2. The molecule has 3 N–H and O–H groups in total. The lowest BCUT2D eigenvalue weighted by Crippen LogP contribution is -2.34. The van der Waals surface area contributed by atoms with Crippen molar-refractivity contribution in [3.05, 3.63) is 29.8 Å². The molecule has 1 rings (SSSR count).